The van der Waals surface area contributed by atoms with E-state index in [0.29, 0.717) is 31.5 Å². The molecule has 2 aromatic carbocycles. The summed E-state index contributed by atoms with van der Waals surface area (Å²) in [5.41, 5.74) is 4.06. The fourth-order valence-electron chi connectivity index (χ4n) is 2.74. The van der Waals surface area contributed by atoms with E-state index in [1.807, 2.05) is 55.5 Å². The minimum atomic E-state index is 0.516. The van der Waals surface area contributed by atoms with E-state index < -0.39 is 0 Å². The molecule has 146 valence electrons. The molecule has 0 unspecified atom stereocenters. The monoisotopic (exact) mass is 378 g/mol. The molecule has 0 atom stereocenters. The van der Waals surface area contributed by atoms with Gasteiger partial charge in [0.1, 0.15) is 12.0 Å². The highest BCUT2D eigenvalue weighted by atomic mass is 16.5. The topological polar surface area (TPSA) is 71.7 Å². The molecule has 0 saturated heterocycles. The first kappa shape index (κ1) is 19.5. The van der Waals surface area contributed by atoms with Crippen LogP contribution in [0.3, 0.4) is 0 Å². The largest absolute Gasteiger partial charge is 0.494 e. The molecule has 0 aliphatic heterocycles. The van der Waals surface area contributed by atoms with Gasteiger partial charge in [-0.2, -0.15) is 0 Å². The highest BCUT2D eigenvalue weighted by Gasteiger charge is 2.08. The van der Waals surface area contributed by atoms with Crippen LogP contribution in [-0.2, 0) is 13.1 Å². The van der Waals surface area contributed by atoms with Crippen molar-refractivity contribution in [3.05, 3.63) is 71.6 Å². The van der Waals surface area contributed by atoms with E-state index in [4.69, 9.17) is 9.15 Å². The van der Waals surface area contributed by atoms with Gasteiger partial charge in [-0.25, -0.2) is 4.98 Å². The van der Waals surface area contributed by atoms with Crippen LogP contribution in [0.5, 0.6) is 5.75 Å². The van der Waals surface area contributed by atoms with Crippen LogP contribution >= 0.6 is 0 Å². The molecule has 1 heterocycles. The fourth-order valence-corrected chi connectivity index (χ4v) is 2.74. The van der Waals surface area contributed by atoms with Crippen molar-refractivity contribution in [2.24, 2.45) is 4.99 Å². The van der Waals surface area contributed by atoms with Gasteiger partial charge in [-0.1, -0.05) is 35.9 Å². The summed E-state index contributed by atoms with van der Waals surface area (Å²) in [4.78, 5) is 8.80. The molecule has 28 heavy (non-hydrogen) atoms. The summed E-state index contributed by atoms with van der Waals surface area (Å²) >= 11 is 0. The van der Waals surface area contributed by atoms with Crippen molar-refractivity contribution in [3.63, 3.8) is 0 Å². The Morgan fingerprint density at radius 1 is 1.07 bits per heavy atom. The van der Waals surface area contributed by atoms with Crippen LogP contribution < -0.4 is 15.4 Å². The van der Waals surface area contributed by atoms with E-state index in [9.17, 15) is 0 Å². The number of aromatic nitrogens is 1. The number of nitrogens with zero attached hydrogens (tertiary/aromatic N) is 2. The molecule has 0 bridgehead atoms. The normalized spacial score (nSPS) is 11.3. The number of hydrogen-bond donors (Lipinski definition) is 2. The maximum atomic E-state index is 5.66. The number of nitrogens with one attached hydrogen (secondary N) is 2. The lowest BCUT2D eigenvalue weighted by Gasteiger charge is -2.13. The number of ether oxygens (including phenoxy) is 1. The third kappa shape index (κ3) is 5.13. The molecule has 0 saturated carbocycles. The van der Waals surface area contributed by atoms with Gasteiger partial charge in [0.2, 0.25) is 5.89 Å². The molecule has 1 aromatic heterocycles. The van der Waals surface area contributed by atoms with Gasteiger partial charge in [0.25, 0.3) is 0 Å². The number of aliphatic imine (C=N–C) groups is 1. The summed E-state index contributed by atoms with van der Waals surface area (Å²) in [7, 11) is 1.74. The Labute approximate surface area is 165 Å². The summed E-state index contributed by atoms with van der Waals surface area (Å²) < 4.78 is 11.3. The van der Waals surface area contributed by atoms with Crippen molar-refractivity contribution in [2.75, 3.05) is 13.7 Å². The Morgan fingerprint density at radius 3 is 2.57 bits per heavy atom. The molecule has 3 aromatic rings. The van der Waals surface area contributed by atoms with Gasteiger partial charge < -0.3 is 19.8 Å². The second-order valence-corrected chi connectivity index (χ2v) is 6.33. The number of aryl methyl sites for hydroxylation is 1. The van der Waals surface area contributed by atoms with Crippen molar-refractivity contribution >= 4 is 5.96 Å². The fraction of sp³-hybridized carbons (Fsp3) is 0.273. The first-order valence-corrected chi connectivity index (χ1v) is 9.36. The molecular weight excluding hydrogens is 352 g/mol. The van der Waals surface area contributed by atoms with Crippen molar-refractivity contribution in [3.8, 4) is 17.2 Å². The number of rotatable bonds is 7. The smallest absolute Gasteiger partial charge is 0.226 e. The standard InChI is InChI=1S/C22H26N4O2/c1-4-27-20-8-6-5-7-18(20)13-24-22(23-3)25-14-19-15-28-21(26-19)17-11-9-16(2)10-12-17/h5-12,15H,4,13-14H2,1-3H3,(H2,23,24,25). The third-order valence-corrected chi connectivity index (χ3v) is 4.23. The summed E-state index contributed by atoms with van der Waals surface area (Å²) in [6.07, 6.45) is 1.67. The van der Waals surface area contributed by atoms with Crippen molar-refractivity contribution in [1.29, 1.82) is 0 Å². The van der Waals surface area contributed by atoms with E-state index in [0.717, 1.165) is 22.6 Å². The van der Waals surface area contributed by atoms with Gasteiger partial charge in [0.05, 0.1) is 18.8 Å². The molecule has 6 heteroatoms. The zero-order chi connectivity index (χ0) is 19.8. The van der Waals surface area contributed by atoms with Gasteiger partial charge in [0, 0.05) is 24.7 Å². The minimum absolute atomic E-state index is 0.516. The molecule has 6 nitrogen and oxygen atoms in total. The minimum Gasteiger partial charge on any atom is -0.494 e. The molecule has 0 radical (unpaired) electrons. The van der Waals surface area contributed by atoms with Gasteiger partial charge in [-0.05, 0) is 32.0 Å². The van der Waals surface area contributed by atoms with E-state index in [1.165, 1.54) is 5.56 Å². The van der Waals surface area contributed by atoms with Crippen LogP contribution in [0.1, 0.15) is 23.7 Å². The average Bonchev–Trinajstić information content (AvgIpc) is 3.19. The maximum absolute atomic E-state index is 5.66. The van der Waals surface area contributed by atoms with Crippen molar-refractivity contribution in [2.45, 2.75) is 26.9 Å². The summed E-state index contributed by atoms with van der Waals surface area (Å²) in [6, 6.07) is 16.1. The molecular formula is C22H26N4O2. The lowest BCUT2D eigenvalue weighted by atomic mass is 10.1. The van der Waals surface area contributed by atoms with Crippen LogP contribution in [-0.4, -0.2) is 24.6 Å². The van der Waals surface area contributed by atoms with Crippen LogP contribution in [0.15, 0.2) is 64.2 Å². The number of hydrogen-bond acceptors (Lipinski definition) is 4. The predicted molar refractivity (Wildman–Crippen MR) is 111 cm³/mol. The number of para-hydroxylation sites is 1. The number of guanidine groups is 1. The highest BCUT2D eigenvalue weighted by Crippen LogP contribution is 2.19. The van der Waals surface area contributed by atoms with Crippen molar-refractivity contribution in [1.82, 2.24) is 15.6 Å². The summed E-state index contributed by atoms with van der Waals surface area (Å²) in [5.74, 6) is 2.18. The first-order valence-electron chi connectivity index (χ1n) is 9.36. The van der Waals surface area contributed by atoms with Gasteiger partial charge in [-0.15, -0.1) is 0 Å². The second-order valence-electron chi connectivity index (χ2n) is 6.33. The van der Waals surface area contributed by atoms with Crippen molar-refractivity contribution < 1.29 is 9.15 Å². The zero-order valence-electron chi connectivity index (χ0n) is 16.5. The molecule has 0 amide bonds. The molecule has 0 aliphatic rings. The summed E-state index contributed by atoms with van der Waals surface area (Å²) in [6.45, 7) is 5.80. The Hall–Kier alpha value is -3.28. The van der Waals surface area contributed by atoms with E-state index >= 15 is 0 Å². The Balaban J connectivity index is 1.55. The van der Waals surface area contributed by atoms with Gasteiger partial charge in [0.15, 0.2) is 5.96 Å². The predicted octanol–water partition coefficient (Wildman–Crippen LogP) is 3.91. The first-order chi connectivity index (χ1) is 13.7. The molecule has 0 fully saturated rings. The quantitative estimate of drug-likeness (QED) is 0.482. The molecule has 2 N–H and O–H groups in total. The van der Waals surface area contributed by atoms with E-state index in [1.54, 1.807) is 13.3 Å². The van der Waals surface area contributed by atoms with E-state index in [-0.39, 0.29) is 0 Å². The maximum Gasteiger partial charge on any atom is 0.226 e. The van der Waals surface area contributed by atoms with Gasteiger partial charge >= 0.3 is 0 Å². The van der Waals surface area contributed by atoms with Crippen LogP contribution in [0.25, 0.3) is 11.5 Å². The van der Waals surface area contributed by atoms with Crippen LogP contribution in [0.2, 0.25) is 0 Å². The molecule has 0 aliphatic carbocycles. The van der Waals surface area contributed by atoms with Crippen LogP contribution in [0, 0.1) is 6.92 Å². The third-order valence-electron chi connectivity index (χ3n) is 4.23. The zero-order valence-corrected chi connectivity index (χ0v) is 16.5. The Morgan fingerprint density at radius 2 is 1.82 bits per heavy atom. The lowest BCUT2D eigenvalue weighted by Crippen LogP contribution is -2.36. The molecule has 3 rings (SSSR count). The Kier molecular flexibility index (Phi) is 6.68. The molecule has 0 spiro atoms. The highest BCUT2D eigenvalue weighted by molar-refractivity contribution is 5.79. The van der Waals surface area contributed by atoms with E-state index in [2.05, 4.69) is 27.5 Å². The Bertz CT molecular complexity index is 916. The van der Waals surface area contributed by atoms with Gasteiger partial charge in [-0.3, -0.25) is 4.99 Å². The average molecular weight is 378 g/mol. The van der Waals surface area contributed by atoms with Crippen LogP contribution in [0.4, 0.5) is 0 Å². The summed E-state index contributed by atoms with van der Waals surface area (Å²) in [5, 5.41) is 6.56. The number of oxazole rings is 1. The second kappa shape index (κ2) is 9.60. The number of benzene rings is 2. The lowest BCUT2D eigenvalue weighted by molar-refractivity contribution is 0.336. The SMILES string of the molecule is CCOc1ccccc1CNC(=NC)NCc1coc(-c2ccc(C)cc2)n1.